The highest BCUT2D eigenvalue weighted by atomic mass is 32.1. The van der Waals surface area contributed by atoms with Crippen molar-refractivity contribution in [1.29, 1.82) is 0 Å². The average Bonchev–Trinajstić information content (AvgIpc) is 3.31. The minimum Gasteiger partial charge on any atom is -0.493 e. The van der Waals surface area contributed by atoms with Gasteiger partial charge in [0.25, 0.3) is 0 Å². The maximum Gasteiger partial charge on any atom is 0.309 e. The highest BCUT2D eigenvalue weighted by molar-refractivity contribution is 7.09. The maximum absolute atomic E-state index is 12.6. The SMILES string of the molecule is Cc1ccccc1OCCC(=O)OCC(=O)c1cc(C)n(Cc2cccs2)c1C. The van der Waals surface area contributed by atoms with Gasteiger partial charge in [-0.2, -0.15) is 0 Å². The first kappa shape index (κ1) is 20.9. The van der Waals surface area contributed by atoms with Crippen LogP contribution < -0.4 is 4.74 Å². The van der Waals surface area contributed by atoms with E-state index in [1.165, 1.54) is 4.88 Å². The first-order valence-electron chi connectivity index (χ1n) is 9.52. The monoisotopic (exact) mass is 411 g/mol. The summed E-state index contributed by atoms with van der Waals surface area (Å²) in [6.07, 6.45) is 0.0962. The van der Waals surface area contributed by atoms with Gasteiger partial charge in [-0.15, -0.1) is 11.3 Å². The van der Waals surface area contributed by atoms with Gasteiger partial charge in [0, 0.05) is 21.8 Å². The van der Waals surface area contributed by atoms with Crippen LogP contribution in [0, 0.1) is 20.8 Å². The number of para-hydroxylation sites is 1. The molecule has 0 saturated heterocycles. The number of ether oxygens (including phenoxy) is 2. The lowest BCUT2D eigenvalue weighted by atomic mass is 10.1. The summed E-state index contributed by atoms with van der Waals surface area (Å²) in [7, 11) is 0. The predicted octanol–water partition coefficient (Wildman–Crippen LogP) is 4.72. The Morgan fingerprint density at radius 3 is 2.59 bits per heavy atom. The standard InChI is InChI=1S/C23H25NO4S/c1-16-7-4-5-9-22(16)27-11-10-23(26)28-15-21(25)20-13-17(2)24(18(20)3)14-19-8-6-12-29-19/h4-9,12-13H,10-11,14-15H2,1-3H3. The van der Waals surface area contributed by atoms with Crippen LogP contribution in [-0.2, 0) is 16.1 Å². The number of aryl methyl sites for hydroxylation is 2. The van der Waals surface area contributed by atoms with E-state index in [4.69, 9.17) is 9.47 Å². The average molecular weight is 412 g/mol. The quantitative estimate of drug-likeness (QED) is 0.378. The lowest BCUT2D eigenvalue weighted by Crippen LogP contribution is -2.17. The van der Waals surface area contributed by atoms with Gasteiger partial charge in [0.2, 0.25) is 5.78 Å². The van der Waals surface area contributed by atoms with Gasteiger partial charge in [0.05, 0.1) is 19.6 Å². The second-order valence-electron chi connectivity index (χ2n) is 6.90. The predicted molar refractivity (Wildman–Crippen MR) is 114 cm³/mol. The number of carbonyl (C=O) groups is 2. The fourth-order valence-electron chi connectivity index (χ4n) is 3.14. The van der Waals surface area contributed by atoms with Gasteiger partial charge >= 0.3 is 5.97 Å². The molecule has 0 unspecified atom stereocenters. The third kappa shape index (κ3) is 5.35. The molecule has 152 valence electrons. The van der Waals surface area contributed by atoms with Crippen molar-refractivity contribution in [3.63, 3.8) is 0 Å². The molecule has 29 heavy (non-hydrogen) atoms. The second-order valence-corrected chi connectivity index (χ2v) is 7.93. The topological polar surface area (TPSA) is 57.5 Å². The second kappa shape index (κ2) is 9.56. The van der Waals surface area contributed by atoms with E-state index in [1.54, 1.807) is 11.3 Å². The Labute approximate surface area is 174 Å². The zero-order chi connectivity index (χ0) is 20.8. The van der Waals surface area contributed by atoms with Crippen molar-refractivity contribution in [3.8, 4) is 5.75 Å². The van der Waals surface area contributed by atoms with E-state index in [9.17, 15) is 9.59 Å². The number of nitrogens with zero attached hydrogens (tertiary/aromatic N) is 1. The Balaban J connectivity index is 1.50. The maximum atomic E-state index is 12.6. The largest absolute Gasteiger partial charge is 0.493 e. The Kier molecular flexibility index (Phi) is 6.88. The molecule has 0 saturated carbocycles. The first-order valence-corrected chi connectivity index (χ1v) is 10.4. The van der Waals surface area contributed by atoms with E-state index in [0.29, 0.717) is 5.56 Å². The van der Waals surface area contributed by atoms with E-state index < -0.39 is 5.97 Å². The van der Waals surface area contributed by atoms with Crippen molar-refractivity contribution in [1.82, 2.24) is 4.57 Å². The van der Waals surface area contributed by atoms with Crippen LogP contribution in [0.15, 0.2) is 47.8 Å². The van der Waals surface area contributed by atoms with Crippen molar-refractivity contribution in [2.75, 3.05) is 13.2 Å². The zero-order valence-corrected chi connectivity index (χ0v) is 17.8. The minimum atomic E-state index is -0.445. The number of esters is 1. The molecule has 0 N–H and O–H groups in total. The number of thiophene rings is 1. The van der Waals surface area contributed by atoms with Gasteiger partial charge in [0.15, 0.2) is 6.61 Å². The van der Waals surface area contributed by atoms with E-state index in [0.717, 1.165) is 29.2 Å². The number of aromatic nitrogens is 1. The zero-order valence-electron chi connectivity index (χ0n) is 16.9. The highest BCUT2D eigenvalue weighted by Gasteiger charge is 2.17. The summed E-state index contributed by atoms with van der Waals surface area (Å²) in [5, 5.41) is 2.04. The normalized spacial score (nSPS) is 10.7. The Hall–Kier alpha value is -2.86. The van der Waals surface area contributed by atoms with Gasteiger partial charge in [-0.1, -0.05) is 24.3 Å². The van der Waals surface area contributed by atoms with Gasteiger partial charge < -0.3 is 14.0 Å². The lowest BCUT2D eigenvalue weighted by molar-refractivity contribution is -0.143. The van der Waals surface area contributed by atoms with Crippen molar-refractivity contribution in [3.05, 3.63) is 75.2 Å². The van der Waals surface area contributed by atoms with Crippen molar-refractivity contribution in [2.45, 2.75) is 33.7 Å². The number of hydrogen-bond donors (Lipinski definition) is 0. The third-order valence-corrected chi connectivity index (χ3v) is 5.65. The van der Waals surface area contributed by atoms with Gasteiger partial charge in [-0.05, 0) is 49.9 Å². The molecule has 5 nitrogen and oxygen atoms in total. The molecule has 2 heterocycles. The molecular weight excluding hydrogens is 386 g/mol. The summed E-state index contributed by atoms with van der Waals surface area (Å²) in [5.41, 5.74) is 3.51. The van der Waals surface area contributed by atoms with Crippen LogP contribution in [0.1, 0.15) is 38.6 Å². The van der Waals surface area contributed by atoms with Crippen molar-refractivity contribution in [2.24, 2.45) is 0 Å². The Bertz CT molecular complexity index is 988. The van der Waals surface area contributed by atoms with Crippen LogP contribution in [0.3, 0.4) is 0 Å². The molecule has 0 aliphatic heterocycles. The molecule has 0 amide bonds. The number of benzene rings is 1. The van der Waals surface area contributed by atoms with E-state index in [-0.39, 0.29) is 25.4 Å². The van der Waals surface area contributed by atoms with Crippen LogP contribution in [0.4, 0.5) is 0 Å². The van der Waals surface area contributed by atoms with Crippen LogP contribution >= 0.6 is 11.3 Å². The van der Waals surface area contributed by atoms with Crippen LogP contribution in [-0.4, -0.2) is 29.5 Å². The molecule has 0 bridgehead atoms. The van der Waals surface area contributed by atoms with Gasteiger partial charge in [-0.3, -0.25) is 9.59 Å². The molecule has 0 radical (unpaired) electrons. The van der Waals surface area contributed by atoms with Crippen LogP contribution in [0.2, 0.25) is 0 Å². The smallest absolute Gasteiger partial charge is 0.309 e. The van der Waals surface area contributed by atoms with E-state index >= 15 is 0 Å². The third-order valence-electron chi connectivity index (χ3n) is 4.79. The summed E-state index contributed by atoms with van der Waals surface area (Å²) in [6, 6.07) is 13.6. The molecule has 3 aromatic rings. The summed E-state index contributed by atoms with van der Waals surface area (Å²) in [4.78, 5) is 25.8. The van der Waals surface area contributed by atoms with Crippen molar-refractivity contribution < 1.29 is 19.1 Å². The molecule has 0 aliphatic rings. The molecule has 2 aromatic heterocycles. The summed E-state index contributed by atoms with van der Waals surface area (Å²) in [6.45, 7) is 6.54. The Morgan fingerprint density at radius 2 is 1.86 bits per heavy atom. The number of carbonyl (C=O) groups excluding carboxylic acids is 2. The van der Waals surface area contributed by atoms with Crippen molar-refractivity contribution >= 4 is 23.1 Å². The minimum absolute atomic E-state index is 0.0962. The number of Topliss-reactive ketones (excluding diaryl/α,β-unsaturated/α-hetero) is 1. The molecule has 0 atom stereocenters. The summed E-state index contributed by atoms with van der Waals surface area (Å²) in [5.74, 6) is 0.109. The van der Waals surface area contributed by atoms with E-state index in [2.05, 4.69) is 10.6 Å². The van der Waals surface area contributed by atoms with Crippen LogP contribution in [0.25, 0.3) is 0 Å². The molecular formula is C23H25NO4S. The summed E-state index contributed by atoms with van der Waals surface area (Å²) < 4.78 is 12.9. The van der Waals surface area contributed by atoms with E-state index in [1.807, 2.05) is 62.5 Å². The first-order chi connectivity index (χ1) is 14.0. The lowest BCUT2D eigenvalue weighted by Gasteiger charge is -2.09. The molecule has 0 fully saturated rings. The number of rotatable bonds is 9. The molecule has 3 rings (SSSR count). The number of hydrogen-bond acceptors (Lipinski definition) is 5. The fourth-order valence-corrected chi connectivity index (χ4v) is 3.84. The van der Waals surface area contributed by atoms with Gasteiger partial charge in [-0.25, -0.2) is 0 Å². The number of ketones is 1. The molecule has 0 aliphatic carbocycles. The fraction of sp³-hybridized carbons (Fsp3) is 0.304. The molecule has 6 heteroatoms. The Morgan fingerprint density at radius 1 is 1.07 bits per heavy atom. The summed E-state index contributed by atoms with van der Waals surface area (Å²) >= 11 is 1.69. The van der Waals surface area contributed by atoms with Gasteiger partial charge in [0.1, 0.15) is 5.75 Å². The molecule has 0 spiro atoms. The highest BCUT2D eigenvalue weighted by Crippen LogP contribution is 2.20. The molecule has 1 aromatic carbocycles. The van der Waals surface area contributed by atoms with Crippen LogP contribution in [0.5, 0.6) is 5.75 Å².